The third-order valence-electron chi connectivity index (χ3n) is 4.42. The van der Waals surface area contributed by atoms with E-state index in [0.717, 1.165) is 11.8 Å². The van der Waals surface area contributed by atoms with Crippen molar-refractivity contribution in [2.24, 2.45) is 0 Å². The van der Waals surface area contributed by atoms with E-state index in [-0.39, 0.29) is 18.9 Å². The second kappa shape index (κ2) is 7.65. The normalized spacial score (nSPS) is 17.5. The molecular weight excluding hydrogens is 396 g/mol. The van der Waals surface area contributed by atoms with Crippen LogP contribution in [0, 0.1) is 0 Å². The zero-order chi connectivity index (χ0) is 19.7. The molecule has 6 nitrogen and oxygen atoms in total. The van der Waals surface area contributed by atoms with Crippen LogP contribution in [0.2, 0.25) is 0 Å². The SMILES string of the molecule is O=C(O)CCN1C(=O)/C(=C\c2ccc(N3C=Cc4ccccc4C3)o2)SC1=S. The number of anilines is 1. The fourth-order valence-electron chi connectivity index (χ4n) is 3.00. The molecule has 1 aromatic heterocycles. The van der Waals surface area contributed by atoms with E-state index in [1.807, 2.05) is 35.4 Å². The minimum Gasteiger partial charge on any atom is -0.481 e. The molecule has 0 spiro atoms. The summed E-state index contributed by atoms with van der Waals surface area (Å²) in [6.07, 6.45) is 5.50. The molecule has 0 atom stereocenters. The first-order chi connectivity index (χ1) is 13.5. The topological polar surface area (TPSA) is 74.0 Å². The lowest BCUT2D eigenvalue weighted by Gasteiger charge is -2.22. The van der Waals surface area contributed by atoms with Crippen molar-refractivity contribution < 1.29 is 19.1 Å². The highest BCUT2D eigenvalue weighted by molar-refractivity contribution is 8.26. The lowest BCUT2D eigenvalue weighted by Crippen LogP contribution is -2.30. The molecule has 2 aliphatic rings. The molecule has 0 aliphatic carbocycles. The summed E-state index contributed by atoms with van der Waals surface area (Å²) in [5, 5.41) is 8.81. The number of hydrogen-bond acceptors (Lipinski definition) is 6. The monoisotopic (exact) mass is 412 g/mol. The van der Waals surface area contributed by atoms with E-state index in [2.05, 4.69) is 12.1 Å². The van der Waals surface area contributed by atoms with Crippen molar-refractivity contribution >= 4 is 58.2 Å². The number of furan rings is 1. The van der Waals surface area contributed by atoms with Crippen LogP contribution in [0.25, 0.3) is 12.2 Å². The Kier molecular flexibility index (Phi) is 5.06. The molecule has 1 aromatic carbocycles. The summed E-state index contributed by atoms with van der Waals surface area (Å²) in [5.74, 6) is -0.0368. The quantitative estimate of drug-likeness (QED) is 0.589. The van der Waals surface area contributed by atoms with Crippen LogP contribution in [0.15, 0.2) is 51.9 Å². The molecule has 3 heterocycles. The van der Waals surface area contributed by atoms with E-state index in [9.17, 15) is 9.59 Å². The molecule has 0 saturated carbocycles. The molecule has 0 unspecified atom stereocenters. The zero-order valence-electron chi connectivity index (χ0n) is 14.7. The summed E-state index contributed by atoms with van der Waals surface area (Å²) in [4.78, 5) is 27.0. The first-order valence-corrected chi connectivity index (χ1v) is 9.83. The van der Waals surface area contributed by atoms with Gasteiger partial charge in [0.25, 0.3) is 5.91 Å². The Bertz CT molecular complexity index is 1020. The summed E-state index contributed by atoms with van der Waals surface area (Å²) in [7, 11) is 0. The molecule has 0 radical (unpaired) electrons. The minimum atomic E-state index is -0.968. The molecule has 28 heavy (non-hydrogen) atoms. The van der Waals surface area contributed by atoms with Crippen LogP contribution in [-0.4, -0.2) is 32.7 Å². The molecule has 4 rings (SSSR count). The molecule has 142 valence electrons. The smallest absolute Gasteiger partial charge is 0.305 e. The number of benzene rings is 1. The summed E-state index contributed by atoms with van der Waals surface area (Å²) < 4.78 is 6.25. The number of hydrogen-bond donors (Lipinski definition) is 1. The van der Waals surface area contributed by atoms with Crippen LogP contribution >= 0.6 is 24.0 Å². The summed E-state index contributed by atoms with van der Waals surface area (Å²) in [6.45, 7) is 0.773. The molecule has 1 fully saturated rings. The Balaban J connectivity index is 1.49. The van der Waals surface area contributed by atoms with Crippen molar-refractivity contribution in [3.63, 3.8) is 0 Å². The van der Waals surface area contributed by atoms with E-state index in [1.165, 1.54) is 16.0 Å². The summed E-state index contributed by atoms with van der Waals surface area (Å²) in [5.41, 5.74) is 2.40. The van der Waals surface area contributed by atoms with E-state index < -0.39 is 5.97 Å². The standard InChI is InChI=1S/C20H16N2O4S2/c23-18(24)8-10-22-19(25)16(28-20(22)27)11-15-5-6-17(26-15)21-9-7-13-3-1-2-4-14(13)12-21/h1-7,9,11H,8,10,12H2,(H,23,24)/b16-11+. The number of thioether (sulfide) groups is 1. The van der Waals surface area contributed by atoms with Gasteiger partial charge in [-0.3, -0.25) is 14.5 Å². The molecule has 8 heteroatoms. The van der Waals surface area contributed by atoms with Gasteiger partial charge in [-0.2, -0.15) is 0 Å². The maximum Gasteiger partial charge on any atom is 0.305 e. The number of thiocarbonyl (C=S) groups is 1. The van der Waals surface area contributed by atoms with Gasteiger partial charge in [-0.15, -0.1) is 0 Å². The molecular formula is C20H16N2O4S2. The lowest BCUT2D eigenvalue weighted by molar-refractivity contribution is -0.137. The van der Waals surface area contributed by atoms with E-state index in [1.54, 1.807) is 12.1 Å². The van der Waals surface area contributed by atoms with Crippen molar-refractivity contribution in [3.05, 3.63) is 64.4 Å². The first-order valence-electron chi connectivity index (χ1n) is 8.61. The van der Waals surface area contributed by atoms with Gasteiger partial charge in [0.15, 0.2) is 5.88 Å². The van der Waals surface area contributed by atoms with Gasteiger partial charge < -0.3 is 14.4 Å². The fourth-order valence-corrected chi connectivity index (χ4v) is 4.29. The minimum absolute atomic E-state index is 0.0682. The number of amides is 1. The van der Waals surface area contributed by atoms with Crippen LogP contribution in [0.3, 0.4) is 0 Å². The number of nitrogens with zero attached hydrogens (tertiary/aromatic N) is 2. The van der Waals surface area contributed by atoms with Gasteiger partial charge in [-0.1, -0.05) is 48.2 Å². The molecule has 0 bridgehead atoms. The Labute approximate surface area is 171 Å². The van der Waals surface area contributed by atoms with E-state index in [4.69, 9.17) is 21.7 Å². The number of carboxylic acid groups (broad SMARTS) is 1. The Morgan fingerprint density at radius 2 is 2.11 bits per heavy atom. The molecule has 2 aliphatic heterocycles. The van der Waals surface area contributed by atoms with Crippen LogP contribution in [-0.2, 0) is 16.1 Å². The maximum absolute atomic E-state index is 12.5. The number of carbonyl (C=O) groups excluding carboxylic acids is 1. The lowest BCUT2D eigenvalue weighted by atomic mass is 10.0. The third-order valence-corrected chi connectivity index (χ3v) is 5.80. The van der Waals surface area contributed by atoms with Gasteiger partial charge >= 0.3 is 5.97 Å². The fraction of sp³-hybridized carbons (Fsp3) is 0.150. The van der Waals surface area contributed by atoms with Crippen LogP contribution in [0.1, 0.15) is 23.3 Å². The summed E-state index contributed by atoms with van der Waals surface area (Å²) in [6, 6.07) is 11.8. The van der Waals surface area contributed by atoms with Crippen molar-refractivity contribution in [3.8, 4) is 0 Å². The number of aliphatic carboxylic acids is 1. The van der Waals surface area contributed by atoms with Gasteiger partial charge in [0, 0.05) is 24.9 Å². The van der Waals surface area contributed by atoms with Gasteiger partial charge in [0.2, 0.25) is 0 Å². The molecule has 1 amide bonds. The predicted molar refractivity (Wildman–Crippen MR) is 112 cm³/mol. The second-order valence-corrected chi connectivity index (χ2v) is 7.97. The summed E-state index contributed by atoms with van der Waals surface area (Å²) >= 11 is 6.35. The average Bonchev–Trinajstić information content (AvgIpc) is 3.25. The second-order valence-electron chi connectivity index (χ2n) is 6.30. The average molecular weight is 412 g/mol. The highest BCUT2D eigenvalue weighted by Gasteiger charge is 2.32. The number of rotatable bonds is 5. The van der Waals surface area contributed by atoms with Crippen molar-refractivity contribution in [1.82, 2.24) is 4.90 Å². The highest BCUT2D eigenvalue weighted by Crippen LogP contribution is 2.34. The molecule has 2 aromatic rings. The number of carboxylic acids is 1. The van der Waals surface area contributed by atoms with Crippen LogP contribution in [0.5, 0.6) is 0 Å². The van der Waals surface area contributed by atoms with Crippen molar-refractivity contribution in [2.45, 2.75) is 13.0 Å². The first kappa shape index (κ1) is 18.5. The predicted octanol–water partition coefficient (Wildman–Crippen LogP) is 3.95. The Morgan fingerprint density at radius 1 is 1.29 bits per heavy atom. The Hall–Kier alpha value is -2.84. The number of carbonyl (C=O) groups is 2. The highest BCUT2D eigenvalue weighted by atomic mass is 32.2. The number of fused-ring (bicyclic) bond motifs is 1. The van der Waals surface area contributed by atoms with Gasteiger partial charge in [0.1, 0.15) is 10.1 Å². The third kappa shape index (κ3) is 3.74. The van der Waals surface area contributed by atoms with E-state index in [0.29, 0.717) is 27.4 Å². The molecule has 1 N–H and O–H groups in total. The zero-order valence-corrected chi connectivity index (χ0v) is 16.3. The van der Waals surface area contributed by atoms with Crippen molar-refractivity contribution in [1.29, 1.82) is 0 Å². The largest absolute Gasteiger partial charge is 0.481 e. The van der Waals surface area contributed by atoms with Crippen molar-refractivity contribution in [2.75, 3.05) is 11.4 Å². The van der Waals surface area contributed by atoms with Gasteiger partial charge in [0.05, 0.1) is 17.9 Å². The van der Waals surface area contributed by atoms with Gasteiger partial charge in [-0.05, 0) is 23.3 Å². The van der Waals surface area contributed by atoms with E-state index >= 15 is 0 Å². The maximum atomic E-state index is 12.5. The Morgan fingerprint density at radius 3 is 2.93 bits per heavy atom. The van der Waals surface area contributed by atoms with Crippen LogP contribution in [0.4, 0.5) is 5.88 Å². The van der Waals surface area contributed by atoms with Gasteiger partial charge in [-0.25, -0.2) is 0 Å². The van der Waals surface area contributed by atoms with Crippen LogP contribution < -0.4 is 4.90 Å². The molecule has 1 saturated heterocycles.